The third-order valence-corrected chi connectivity index (χ3v) is 3.02. The fraction of sp³-hybridized carbons (Fsp3) is 0.294. The molecule has 0 fully saturated rings. The summed E-state index contributed by atoms with van der Waals surface area (Å²) < 4.78 is 5.88. The van der Waals surface area contributed by atoms with Gasteiger partial charge in [-0.1, -0.05) is 24.8 Å². The second-order valence-corrected chi connectivity index (χ2v) is 4.51. The molecule has 114 valence electrons. The molecule has 0 unspecified atom stereocenters. The van der Waals surface area contributed by atoms with E-state index in [0.29, 0.717) is 6.54 Å². The first-order valence-corrected chi connectivity index (χ1v) is 7.00. The molecule has 0 saturated heterocycles. The molecular formula is C17H24N2O2. The van der Waals surface area contributed by atoms with Gasteiger partial charge in [-0.2, -0.15) is 0 Å². The highest BCUT2D eigenvalue weighted by atomic mass is 16.3. The van der Waals surface area contributed by atoms with Crippen LogP contribution in [-0.2, 0) is 6.54 Å². The number of nitrogens with one attached hydrogen (secondary N) is 2. The molecule has 4 nitrogen and oxygen atoms in total. The molecule has 0 saturated carbocycles. The van der Waals surface area contributed by atoms with Gasteiger partial charge in [-0.25, -0.2) is 0 Å². The molecule has 0 bridgehead atoms. The highest BCUT2D eigenvalue weighted by Crippen LogP contribution is 2.24. The molecule has 0 amide bonds. The van der Waals surface area contributed by atoms with Crippen LogP contribution < -0.4 is 10.6 Å². The smallest absolute Gasteiger partial charge is 0.134 e. The van der Waals surface area contributed by atoms with Gasteiger partial charge in [0, 0.05) is 24.9 Å². The summed E-state index contributed by atoms with van der Waals surface area (Å²) in [5.74, 6) is 1.75. The van der Waals surface area contributed by atoms with Gasteiger partial charge in [-0.15, -0.1) is 6.58 Å². The van der Waals surface area contributed by atoms with Crippen LogP contribution in [0.25, 0.3) is 12.2 Å². The summed E-state index contributed by atoms with van der Waals surface area (Å²) in [6.07, 6.45) is 11.0. The van der Waals surface area contributed by atoms with E-state index in [9.17, 15) is 0 Å². The van der Waals surface area contributed by atoms with Crippen LogP contribution in [0, 0.1) is 6.92 Å². The summed E-state index contributed by atoms with van der Waals surface area (Å²) in [5.41, 5.74) is 2.15. The Bertz CT molecular complexity index is 513. The van der Waals surface area contributed by atoms with E-state index in [0.717, 1.165) is 48.4 Å². The van der Waals surface area contributed by atoms with Crippen LogP contribution in [0.15, 0.2) is 42.2 Å². The largest absolute Gasteiger partial charge is 0.514 e. The molecule has 0 radical (unpaired) electrons. The van der Waals surface area contributed by atoms with Crippen LogP contribution in [0.1, 0.15) is 29.1 Å². The molecule has 3 N–H and O–H groups in total. The minimum atomic E-state index is 0.676. The quantitative estimate of drug-likeness (QED) is 0.350. The lowest BCUT2D eigenvalue weighted by Crippen LogP contribution is -2.12. The highest BCUT2D eigenvalue weighted by molar-refractivity contribution is 5.64. The standard InChI is InChI=1S/C17H24N2O2/c1-4-9-19-13-17-14(3)15(5-2)16(21-17)8-6-7-10-18-11-12-20/h4-6,8,11-12,18-20H,1-2,7,9-10,13H2,3H3/b8-6-,12-11-. The molecule has 0 spiro atoms. The minimum Gasteiger partial charge on any atom is -0.514 e. The van der Waals surface area contributed by atoms with Crippen molar-refractivity contribution < 1.29 is 9.52 Å². The van der Waals surface area contributed by atoms with Crippen molar-refractivity contribution in [2.45, 2.75) is 19.9 Å². The number of aliphatic hydroxyl groups excluding tert-OH is 1. The highest BCUT2D eigenvalue weighted by Gasteiger charge is 2.12. The Hall–Kier alpha value is -2.20. The second-order valence-electron chi connectivity index (χ2n) is 4.51. The Balaban J connectivity index is 2.67. The van der Waals surface area contributed by atoms with E-state index in [1.54, 1.807) is 0 Å². The van der Waals surface area contributed by atoms with Crippen LogP contribution in [-0.4, -0.2) is 18.2 Å². The van der Waals surface area contributed by atoms with Gasteiger partial charge in [0.15, 0.2) is 0 Å². The number of hydrogen-bond acceptors (Lipinski definition) is 4. The van der Waals surface area contributed by atoms with Crippen LogP contribution in [0.5, 0.6) is 0 Å². The Labute approximate surface area is 126 Å². The van der Waals surface area contributed by atoms with Crippen LogP contribution >= 0.6 is 0 Å². The molecule has 1 aromatic heterocycles. The third-order valence-electron chi connectivity index (χ3n) is 3.02. The van der Waals surface area contributed by atoms with Gasteiger partial charge in [0.1, 0.15) is 11.5 Å². The molecule has 1 aromatic rings. The number of hydrogen-bond donors (Lipinski definition) is 3. The van der Waals surface area contributed by atoms with E-state index in [4.69, 9.17) is 9.52 Å². The molecule has 0 aliphatic rings. The van der Waals surface area contributed by atoms with Gasteiger partial charge < -0.3 is 20.2 Å². The van der Waals surface area contributed by atoms with Crippen molar-refractivity contribution in [1.82, 2.24) is 10.6 Å². The van der Waals surface area contributed by atoms with Crippen LogP contribution in [0.3, 0.4) is 0 Å². The van der Waals surface area contributed by atoms with Gasteiger partial charge in [0.25, 0.3) is 0 Å². The lowest BCUT2D eigenvalue weighted by molar-refractivity contribution is 0.468. The van der Waals surface area contributed by atoms with E-state index in [1.165, 1.54) is 6.20 Å². The molecule has 1 heterocycles. The number of furan rings is 1. The van der Waals surface area contributed by atoms with Crippen molar-refractivity contribution in [2.75, 3.05) is 13.1 Å². The first kappa shape index (κ1) is 16.9. The fourth-order valence-electron chi connectivity index (χ4n) is 1.93. The zero-order valence-corrected chi connectivity index (χ0v) is 12.6. The molecule has 4 heteroatoms. The maximum Gasteiger partial charge on any atom is 0.134 e. The predicted octanol–water partition coefficient (Wildman–Crippen LogP) is 3.53. The number of aliphatic hydroxyl groups is 1. The van der Waals surface area contributed by atoms with Gasteiger partial charge in [-0.3, -0.25) is 0 Å². The van der Waals surface area contributed by atoms with E-state index >= 15 is 0 Å². The van der Waals surface area contributed by atoms with Gasteiger partial charge in [0.2, 0.25) is 0 Å². The fourth-order valence-corrected chi connectivity index (χ4v) is 1.93. The summed E-state index contributed by atoms with van der Waals surface area (Å²) >= 11 is 0. The van der Waals surface area contributed by atoms with Crippen molar-refractivity contribution in [1.29, 1.82) is 0 Å². The average molecular weight is 288 g/mol. The van der Waals surface area contributed by atoms with Crippen molar-refractivity contribution in [3.63, 3.8) is 0 Å². The van der Waals surface area contributed by atoms with Crippen molar-refractivity contribution in [3.05, 3.63) is 60.4 Å². The minimum absolute atomic E-state index is 0.676. The van der Waals surface area contributed by atoms with E-state index in [-0.39, 0.29) is 0 Å². The molecule has 1 rings (SSSR count). The monoisotopic (exact) mass is 288 g/mol. The van der Waals surface area contributed by atoms with Crippen molar-refractivity contribution in [3.8, 4) is 0 Å². The molecule has 21 heavy (non-hydrogen) atoms. The average Bonchev–Trinajstić information content (AvgIpc) is 2.79. The van der Waals surface area contributed by atoms with E-state index in [2.05, 4.69) is 23.8 Å². The Morgan fingerprint density at radius 2 is 2.14 bits per heavy atom. The number of rotatable bonds is 10. The normalized spacial score (nSPS) is 11.3. The molecular weight excluding hydrogens is 264 g/mol. The zero-order valence-electron chi connectivity index (χ0n) is 12.6. The first-order valence-electron chi connectivity index (χ1n) is 7.00. The first-order chi connectivity index (χ1) is 10.2. The summed E-state index contributed by atoms with van der Waals surface area (Å²) in [6.45, 7) is 11.7. The lowest BCUT2D eigenvalue weighted by Gasteiger charge is -1.99. The second kappa shape index (κ2) is 9.66. The predicted molar refractivity (Wildman–Crippen MR) is 88.9 cm³/mol. The van der Waals surface area contributed by atoms with Gasteiger partial charge in [0.05, 0.1) is 12.8 Å². The molecule has 0 aliphatic carbocycles. The van der Waals surface area contributed by atoms with Crippen LogP contribution in [0.2, 0.25) is 0 Å². The lowest BCUT2D eigenvalue weighted by atomic mass is 10.1. The van der Waals surface area contributed by atoms with E-state index in [1.807, 2.05) is 31.2 Å². The molecule has 0 aromatic carbocycles. The molecule has 0 aliphatic heterocycles. The van der Waals surface area contributed by atoms with Gasteiger partial charge >= 0.3 is 0 Å². The Kier molecular flexibility index (Phi) is 7.76. The van der Waals surface area contributed by atoms with Crippen molar-refractivity contribution >= 4 is 12.2 Å². The maximum absolute atomic E-state index is 8.49. The third kappa shape index (κ3) is 5.36. The zero-order chi connectivity index (χ0) is 15.5. The maximum atomic E-state index is 8.49. The molecule has 0 atom stereocenters. The van der Waals surface area contributed by atoms with Crippen LogP contribution in [0.4, 0.5) is 0 Å². The Morgan fingerprint density at radius 3 is 2.81 bits per heavy atom. The van der Waals surface area contributed by atoms with Crippen molar-refractivity contribution in [2.24, 2.45) is 0 Å². The Morgan fingerprint density at radius 1 is 1.33 bits per heavy atom. The topological polar surface area (TPSA) is 57.4 Å². The summed E-state index contributed by atoms with van der Waals surface area (Å²) in [6, 6.07) is 0. The van der Waals surface area contributed by atoms with E-state index < -0.39 is 0 Å². The SMILES string of the molecule is C=CCNCc1oc(/C=C\CCN/C=C\O)c(C=C)c1C. The summed E-state index contributed by atoms with van der Waals surface area (Å²) in [4.78, 5) is 0. The summed E-state index contributed by atoms with van der Waals surface area (Å²) in [7, 11) is 0. The summed E-state index contributed by atoms with van der Waals surface area (Å²) in [5, 5.41) is 14.7. The van der Waals surface area contributed by atoms with Gasteiger partial charge in [-0.05, 0) is 25.0 Å².